The Morgan fingerprint density at radius 1 is 1.03 bits per heavy atom. The normalized spacial score (nSPS) is 26.2. The summed E-state index contributed by atoms with van der Waals surface area (Å²) in [6, 6.07) is 25.3. The highest BCUT2D eigenvalue weighted by Gasteiger charge is 2.52. The summed E-state index contributed by atoms with van der Waals surface area (Å²) in [6.07, 6.45) is 4.26. The van der Waals surface area contributed by atoms with E-state index in [0.717, 1.165) is 59.0 Å². The number of halogens is 2. The molecule has 3 aliphatic heterocycles. The van der Waals surface area contributed by atoms with E-state index >= 15 is 0 Å². The van der Waals surface area contributed by atoms with Crippen LogP contribution in [-0.4, -0.2) is 23.8 Å². The minimum Gasteiger partial charge on any atom is -0.470 e. The third-order valence-corrected chi connectivity index (χ3v) is 7.81. The summed E-state index contributed by atoms with van der Waals surface area (Å²) < 4.78 is 7.87. The molecule has 2 N–H and O–H groups in total. The molecule has 0 radical (unpaired) electrons. The molecule has 168 valence electrons. The number of ether oxygens (including phenoxy) is 1. The van der Waals surface area contributed by atoms with Crippen molar-refractivity contribution in [3.63, 3.8) is 0 Å². The molecule has 0 aromatic heterocycles. The van der Waals surface area contributed by atoms with Crippen LogP contribution in [0.4, 0.5) is 0 Å². The lowest BCUT2D eigenvalue weighted by Crippen LogP contribution is -3.12. The van der Waals surface area contributed by atoms with Crippen LogP contribution >= 0.6 is 27.5 Å². The van der Waals surface area contributed by atoms with Gasteiger partial charge in [-0.05, 0) is 42.0 Å². The second kappa shape index (κ2) is 8.48. The lowest BCUT2D eigenvalue weighted by molar-refractivity contribution is -0.921. The molecule has 1 saturated heterocycles. The Morgan fingerprint density at radius 2 is 1.79 bits per heavy atom. The van der Waals surface area contributed by atoms with Crippen molar-refractivity contribution in [2.24, 2.45) is 0 Å². The van der Waals surface area contributed by atoms with Crippen molar-refractivity contribution in [3.05, 3.63) is 105 Å². The molecule has 6 rings (SSSR count). The van der Waals surface area contributed by atoms with Crippen molar-refractivity contribution in [1.82, 2.24) is 10.4 Å². The van der Waals surface area contributed by atoms with Crippen LogP contribution in [-0.2, 0) is 6.54 Å². The summed E-state index contributed by atoms with van der Waals surface area (Å²) >= 11 is 9.78. The molecule has 3 aliphatic rings. The first-order valence-electron chi connectivity index (χ1n) is 11.5. The van der Waals surface area contributed by atoms with Gasteiger partial charge in [0, 0.05) is 20.6 Å². The fraction of sp³-hybridized carbons (Fsp3) is 0.259. The average Bonchev–Trinajstić information content (AvgIpc) is 3.29. The van der Waals surface area contributed by atoms with E-state index in [1.807, 2.05) is 12.1 Å². The quantitative estimate of drug-likeness (QED) is 0.508. The van der Waals surface area contributed by atoms with Crippen molar-refractivity contribution in [3.8, 4) is 5.75 Å². The van der Waals surface area contributed by atoms with Crippen LogP contribution in [0.2, 0.25) is 5.02 Å². The Balaban J connectivity index is 1.29. The number of rotatable bonds is 3. The predicted octanol–water partition coefficient (Wildman–Crippen LogP) is 4.97. The molecule has 0 amide bonds. The molecule has 1 spiro atoms. The highest BCUT2D eigenvalue weighted by molar-refractivity contribution is 9.10. The number of nitrogens with zero attached hydrogens (tertiary/aromatic N) is 1. The third-order valence-electron chi connectivity index (χ3n) is 7.06. The number of piperidine rings is 1. The largest absolute Gasteiger partial charge is 0.470 e. The summed E-state index contributed by atoms with van der Waals surface area (Å²) in [7, 11) is 0. The number of nitrogens with one attached hydrogen (secondary N) is 2. The Morgan fingerprint density at radius 3 is 2.55 bits per heavy atom. The van der Waals surface area contributed by atoms with Crippen LogP contribution in [0, 0.1) is 0 Å². The molecule has 33 heavy (non-hydrogen) atoms. The summed E-state index contributed by atoms with van der Waals surface area (Å²) in [5.41, 5.74) is 8.17. The maximum atomic E-state index is 6.81. The monoisotopic (exact) mass is 522 g/mol. The summed E-state index contributed by atoms with van der Waals surface area (Å²) in [4.78, 5) is 1.61. The number of hydrazine groups is 1. The highest BCUT2D eigenvalue weighted by Crippen LogP contribution is 2.48. The molecule has 1 fully saturated rings. The van der Waals surface area contributed by atoms with Gasteiger partial charge in [0.2, 0.25) is 0 Å². The van der Waals surface area contributed by atoms with Crippen LogP contribution < -0.4 is 15.1 Å². The van der Waals surface area contributed by atoms with Crippen LogP contribution in [0.5, 0.6) is 5.75 Å². The van der Waals surface area contributed by atoms with Gasteiger partial charge in [-0.15, -0.1) is 0 Å². The maximum absolute atomic E-state index is 6.81. The van der Waals surface area contributed by atoms with Crippen LogP contribution in [0.1, 0.15) is 35.6 Å². The van der Waals surface area contributed by atoms with Gasteiger partial charge in [-0.1, -0.05) is 70.0 Å². The minimum absolute atomic E-state index is 0.118. The fourth-order valence-electron chi connectivity index (χ4n) is 5.34. The van der Waals surface area contributed by atoms with Gasteiger partial charge in [0.1, 0.15) is 12.3 Å². The molecule has 0 bridgehead atoms. The lowest BCUT2D eigenvalue weighted by Gasteiger charge is -2.50. The Hall–Kier alpha value is -2.31. The van der Waals surface area contributed by atoms with E-state index < -0.39 is 0 Å². The number of fused-ring (bicyclic) bond motifs is 4. The van der Waals surface area contributed by atoms with Crippen molar-refractivity contribution < 1.29 is 9.64 Å². The zero-order valence-electron chi connectivity index (χ0n) is 18.2. The first-order valence-corrected chi connectivity index (χ1v) is 12.7. The van der Waals surface area contributed by atoms with Gasteiger partial charge in [0.25, 0.3) is 0 Å². The number of hydrogen-bond donors (Lipinski definition) is 2. The summed E-state index contributed by atoms with van der Waals surface area (Å²) in [5.74, 6) is 0.987. The molecule has 4 nitrogen and oxygen atoms in total. The van der Waals surface area contributed by atoms with Crippen molar-refractivity contribution in [1.29, 1.82) is 0 Å². The average molecular weight is 524 g/mol. The third kappa shape index (κ3) is 3.97. The molecule has 3 aromatic carbocycles. The number of benzene rings is 3. The van der Waals surface area contributed by atoms with Gasteiger partial charge in [-0.3, -0.25) is 0 Å². The molecule has 0 aliphatic carbocycles. The van der Waals surface area contributed by atoms with E-state index in [4.69, 9.17) is 16.3 Å². The smallest absolute Gasteiger partial charge is 0.191 e. The van der Waals surface area contributed by atoms with Crippen molar-refractivity contribution in [2.45, 2.75) is 31.2 Å². The zero-order chi connectivity index (χ0) is 22.4. The first-order chi connectivity index (χ1) is 16.1. The van der Waals surface area contributed by atoms with Gasteiger partial charge in [-0.2, -0.15) is 5.01 Å². The van der Waals surface area contributed by atoms with E-state index in [2.05, 4.69) is 93.1 Å². The summed E-state index contributed by atoms with van der Waals surface area (Å²) in [5, 5.41) is 3.10. The predicted molar refractivity (Wildman–Crippen MR) is 135 cm³/mol. The number of quaternary nitrogens is 1. The van der Waals surface area contributed by atoms with Gasteiger partial charge in [0.15, 0.2) is 5.72 Å². The van der Waals surface area contributed by atoms with E-state index in [1.165, 1.54) is 11.1 Å². The van der Waals surface area contributed by atoms with Gasteiger partial charge in [0.05, 0.1) is 37.7 Å². The van der Waals surface area contributed by atoms with E-state index in [-0.39, 0.29) is 11.8 Å². The molecular weight excluding hydrogens is 498 g/mol. The molecule has 1 atom stereocenters. The first kappa shape index (κ1) is 21.2. The number of hydrogen-bond acceptors (Lipinski definition) is 3. The highest BCUT2D eigenvalue weighted by atomic mass is 79.9. The molecule has 3 heterocycles. The second-order valence-corrected chi connectivity index (χ2v) is 10.5. The number of likely N-dealkylation sites (tertiary alicyclic amines) is 1. The lowest BCUT2D eigenvalue weighted by atomic mass is 9.92. The zero-order valence-corrected chi connectivity index (χ0v) is 20.6. The van der Waals surface area contributed by atoms with Gasteiger partial charge < -0.3 is 15.1 Å². The van der Waals surface area contributed by atoms with Crippen molar-refractivity contribution in [2.75, 3.05) is 13.1 Å². The maximum Gasteiger partial charge on any atom is 0.191 e. The van der Waals surface area contributed by atoms with Crippen LogP contribution in [0.25, 0.3) is 5.70 Å². The SMILES string of the molecule is Clc1ccc(C2=CC3c4cc(Br)ccc4OC4(CC[NH+](Cc5ccccc5)CC4)N3N2)cc1. The van der Waals surface area contributed by atoms with Gasteiger partial charge in [-0.25, -0.2) is 0 Å². The standard InChI is InChI=1S/C27H25BrClN3O/c28-21-8-11-26-23(16-21)25-17-24(20-6-9-22(29)10-7-20)30-32(25)27(33-26)12-14-31(15-13-27)18-19-4-2-1-3-5-19/h1-11,16-17,25,30H,12-15,18H2/p+1. The van der Waals surface area contributed by atoms with Gasteiger partial charge >= 0.3 is 0 Å². The van der Waals surface area contributed by atoms with Crippen LogP contribution in [0.15, 0.2) is 83.3 Å². The Bertz CT molecular complexity index is 1190. The van der Waals surface area contributed by atoms with Crippen LogP contribution in [0.3, 0.4) is 0 Å². The summed E-state index contributed by atoms with van der Waals surface area (Å²) in [6.45, 7) is 3.20. The van der Waals surface area contributed by atoms with E-state index in [0.29, 0.717) is 0 Å². The van der Waals surface area contributed by atoms with E-state index in [1.54, 1.807) is 4.90 Å². The Labute approximate surface area is 207 Å². The molecule has 3 aromatic rings. The molecular formula is C27H26BrClN3O+. The second-order valence-electron chi connectivity index (χ2n) is 9.16. The Kier molecular flexibility index (Phi) is 5.46. The van der Waals surface area contributed by atoms with E-state index in [9.17, 15) is 0 Å². The molecule has 6 heteroatoms. The molecule has 0 saturated carbocycles. The van der Waals surface area contributed by atoms with Crippen molar-refractivity contribution >= 4 is 33.2 Å². The fourth-order valence-corrected chi connectivity index (χ4v) is 5.84. The topological polar surface area (TPSA) is 28.9 Å². The molecule has 1 unspecified atom stereocenters. The minimum atomic E-state index is -0.365.